The number of hydrogen-bond acceptors (Lipinski definition) is 3. The van der Waals surface area contributed by atoms with Crippen LogP contribution in [0.25, 0.3) is 10.9 Å². The summed E-state index contributed by atoms with van der Waals surface area (Å²) in [5.74, 6) is -0.519. The van der Waals surface area contributed by atoms with Crippen LogP contribution in [0.1, 0.15) is 53.9 Å². The summed E-state index contributed by atoms with van der Waals surface area (Å²) in [6.45, 7) is 8.91. The minimum Gasteiger partial charge on any atom is -0.478 e. The molecule has 4 nitrogen and oxygen atoms in total. The number of likely N-dealkylation sites (N-methyl/N-ethyl adjacent to an activating group) is 1. The fraction of sp³-hybridized carbons (Fsp3) is 0.444. The van der Waals surface area contributed by atoms with Gasteiger partial charge in [-0.2, -0.15) is 0 Å². The van der Waals surface area contributed by atoms with E-state index in [1.54, 1.807) is 0 Å². The Labute approximate surface area is 130 Å². The number of pyridine rings is 1. The molecule has 3 rings (SSSR count). The number of aromatic nitrogens is 1. The standard InChI is InChI=1S/C18H22N2O2/c1-4-20-9-8-15-14(10-20)16(18(21)22)13-7-5-6-12(11(2)3)17(13)19-15/h5-7,11H,4,8-10H2,1-3H3,(H,21,22). The molecule has 4 heteroatoms. The van der Waals surface area contributed by atoms with Gasteiger partial charge in [0.25, 0.3) is 0 Å². The van der Waals surface area contributed by atoms with Gasteiger partial charge >= 0.3 is 5.97 Å². The Bertz CT molecular complexity index is 737. The molecule has 1 aromatic carbocycles. The van der Waals surface area contributed by atoms with E-state index in [1.807, 2.05) is 12.1 Å². The van der Waals surface area contributed by atoms with Gasteiger partial charge in [-0.15, -0.1) is 0 Å². The number of rotatable bonds is 3. The molecule has 1 aromatic heterocycles. The van der Waals surface area contributed by atoms with E-state index >= 15 is 0 Å². The van der Waals surface area contributed by atoms with Crippen LogP contribution in [0.5, 0.6) is 0 Å². The SMILES string of the molecule is CCN1CCc2nc3c(C(C)C)cccc3c(C(=O)O)c2C1. The van der Waals surface area contributed by atoms with E-state index in [0.717, 1.165) is 47.2 Å². The molecule has 0 saturated carbocycles. The van der Waals surface area contributed by atoms with Crippen LogP contribution < -0.4 is 0 Å². The van der Waals surface area contributed by atoms with Crippen molar-refractivity contribution in [2.75, 3.05) is 13.1 Å². The van der Waals surface area contributed by atoms with Gasteiger partial charge < -0.3 is 5.11 Å². The van der Waals surface area contributed by atoms with Crippen LogP contribution in [-0.4, -0.2) is 34.0 Å². The van der Waals surface area contributed by atoms with E-state index in [2.05, 4.69) is 31.7 Å². The summed E-state index contributed by atoms with van der Waals surface area (Å²) < 4.78 is 0. The van der Waals surface area contributed by atoms with Crippen LogP contribution in [0, 0.1) is 0 Å². The molecule has 0 radical (unpaired) electrons. The van der Waals surface area contributed by atoms with Gasteiger partial charge in [0.05, 0.1) is 11.1 Å². The zero-order valence-corrected chi connectivity index (χ0v) is 13.4. The summed E-state index contributed by atoms with van der Waals surface area (Å²) in [7, 11) is 0. The first-order chi connectivity index (χ1) is 10.5. The Morgan fingerprint density at radius 1 is 1.41 bits per heavy atom. The number of aromatic carboxylic acids is 1. The van der Waals surface area contributed by atoms with Gasteiger partial charge in [0.1, 0.15) is 0 Å². The van der Waals surface area contributed by atoms with Crippen LogP contribution >= 0.6 is 0 Å². The molecular formula is C18H22N2O2. The summed E-state index contributed by atoms with van der Waals surface area (Å²) in [5, 5.41) is 10.6. The maximum Gasteiger partial charge on any atom is 0.336 e. The van der Waals surface area contributed by atoms with Crippen LogP contribution in [0.2, 0.25) is 0 Å². The molecule has 1 N–H and O–H groups in total. The molecule has 0 atom stereocenters. The monoisotopic (exact) mass is 298 g/mol. The van der Waals surface area contributed by atoms with Crippen molar-refractivity contribution in [2.45, 2.75) is 39.7 Å². The van der Waals surface area contributed by atoms with Crippen molar-refractivity contribution in [2.24, 2.45) is 0 Å². The predicted octanol–water partition coefficient (Wildman–Crippen LogP) is 3.43. The molecule has 1 aliphatic rings. The Morgan fingerprint density at radius 2 is 2.18 bits per heavy atom. The minimum atomic E-state index is -0.845. The molecule has 2 heterocycles. The lowest BCUT2D eigenvalue weighted by Gasteiger charge is -2.29. The lowest BCUT2D eigenvalue weighted by Crippen LogP contribution is -2.32. The van der Waals surface area contributed by atoms with Crippen LogP contribution in [0.3, 0.4) is 0 Å². The van der Waals surface area contributed by atoms with Gasteiger partial charge in [-0.3, -0.25) is 9.88 Å². The zero-order chi connectivity index (χ0) is 15.9. The molecule has 0 bridgehead atoms. The quantitative estimate of drug-likeness (QED) is 0.943. The average Bonchev–Trinajstić information content (AvgIpc) is 2.50. The second-order valence-electron chi connectivity index (χ2n) is 6.23. The Morgan fingerprint density at radius 3 is 2.82 bits per heavy atom. The first-order valence-corrected chi connectivity index (χ1v) is 7.93. The first kappa shape index (κ1) is 15.0. The van der Waals surface area contributed by atoms with Crippen molar-refractivity contribution < 1.29 is 9.90 Å². The fourth-order valence-electron chi connectivity index (χ4n) is 3.32. The molecule has 2 aromatic rings. The molecular weight excluding hydrogens is 276 g/mol. The van der Waals surface area contributed by atoms with E-state index in [4.69, 9.17) is 4.98 Å². The van der Waals surface area contributed by atoms with E-state index in [0.29, 0.717) is 18.0 Å². The third-order valence-electron chi connectivity index (χ3n) is 4.56. The average molecular weight is 298 g/mol. The lowest BCUT2D eigenvalue weighted by molar-refractivity contribution is 0.0695. The fourth-order valence-corrected chi connectivity index (χ4v) is 3.32. The number of hydrogen-bond donors (Lipinski definition) is 1. The van der Waals surface area contributed by atoms with Crippen LogP contribution in [-0.2, 0) is 13.0 Å². The summed E-state index contributed by atoms with van der Waals surface area (Å²) in [6.07, 6.45) is 0.825. The molecule has 0 spiro atoms. The molecule has 116 valence electrons. The Balaban J connectivity index is 2.32. The molecule has 0 unspecified atom stereocenters. The Hall–Kier alpha value is -1.94. The van der Waals surface area contributed by atoms with Crippen molar-refractivity contribution in [3.05, 3.63) is 40.6 Å². The van der Waals surface area contributed by atoms with Crippen molar-refractivity contribution in [3.63, 3.8) is 0 Å². The number of carbonyl (C=O) groups is 1. The Kier molecular flexibility index (Phi) is 3.87. The second-order valence-corrected chi connectivity index (χ2v) is 6.23. The number of para-hydroxylation sites is 1. The highest BCUT2D eigenvalue weighted by atomic mass is 16.4. The number of carboxylic acids is 1. The summed E-state index contributed by atoms with van der Waals surface area (Å²) in [6, 6.07) is 5.89. The first-order valence-electron chi connectivity index (χ1n) is 7.93. The van der Waals surface area contributed by atoms with Crippen LogP contribution in [0.15, 0.2) is 18.2 Å². The molecule has 1 aliphatic heterocycles. The van der Waals surface area contributed by atoms with E-state index in [1.165, 1.54) is 0 Å². The van der Waals surface area contributed by atoms with E-state index in [-0.39, 0.29) is 0 Å². The minimum absolute atomic E-state index is 0.326. The maximum absolute atomic E-state index is 11.9. The van der Waals surface area contributed by atoms with Gasteiger partial charge in [0.2, 0.25) is 0 Å². The van der Waals surface area contributed by atoms with Crippen molar-refractivity contribution in [1.29, 1.82) is 0 Å². The highest BCUT2D eigenvalue weighted by molar-refractivity contribution is 6.05. The van der Waals surface area contributed by atoms with Crippen molar-refractivity contribution in [1.82, 2.24) is 9.88 Å². The topological polar surface area (TPSA) is 53.4 Å². The zero-order valence-electron chi connectivity index (χ0n) is 13.4. The predicted molar refractivity (Wildman–Crippen MR) is 87.4 cm³/mol. The summed E-state index contributed by atoms with van der Waals surface area (Å²) in [5.41, 5.74) is 4.29. The maximum atomic E-state index is 11.9. The number of nitrogens with zero attached hydrogens (tertiary/aromatic N) is 2. The van der Waals surface area contributed by atoms with Gasteiger partial charge in [0, 0.05) is 36.2 Å². The normalized spacial score (nSPS) is 15.3. The van der Waals surface area contributed by atoms with Gasteiger partial charge in [-0.25, -0.2) is 4.79 Å². The van der Waals surface area contributed by atoms with Crippen molar-refractivity contribution in [3.8, 4) is 0 Å². The smallest absolute Gasteiger partial charge is 0.336 e. The molecule has 0 amide bonds. The third kappa shape index (κ3) is 2.37. The number of fused-ring (bicyclic) bond motifs is 2. The second kappa shape index (κ2) is 5.69. The van der Waals surface area contributed by atoms with Gasteiger partial charge in [0.15, 0.2) is 0 Å². The highest BCUT2D eigenvalue weighted by Gasteiger charge is 2.26. The summed E-state index contributed by atoms with van der Waals surface area (Å²) in [4.78, 5) is 19.0. The summed E-state index contributed by atoms with van der Waals surface area (Å²) >= 11 is 0. The van der Waals surface area contributed by atoms with E-state index < -0.39 is 5.97 Å². The van der Waals surface area contributed by atoms with Crippen molar-refractivity contribution >= 4 is 16.9 Å². The molecule has 0 saturated heterocycles. The van der Waals surface area contributed by atoms with Gasteiger partial charge in [-0.1, -0.05) is 39.0 Å². The van der Waals surface area contributed by atoms with Gasteiger partial charge in [-0.05, 0) is 18.0 Å². The molecule has 0 fully saturated rings. The van der Waals surface area contributed by atoms with Crippen LogP contribution in [0.4, 0.5) is 0 Å². The lowest BCUT2D eigenvalue weighted by atomic mass is 9.92. The largest absolute Gasteiger partial charge is 0.478 e. The van der Waals surface area contributed by atoms with E-state index in [9.17, 15) is 9.90 Å². The number of carboxylic acid groups (broad SMARTS) is 1. The highest BCUT2D eigenvalue weighted by Crippen LogP contribution is 2.32. The third-order valence-corrected chi connectivity index (χ3v) is 4.56. The molecule has 0 aliphatic carbocycles. The molecule has 22 heavy (non-hydrogen) atoms. The number of benzene rings is 1.